The van der Waals surface area contributed by atoms with Gasteiger partial charge in [0.1, 0.15) is 11.6 Å². The zero-order chi connectivity index (χ0) is 10.6. The normalized spacial score (nSPS) is 10.2. The molecule has 1 aromatic rings. The summed E-state index contributed by atoms with van der Waals surface area (Å²) in [5, 5.41) is 0. The van der Waals surface area contributed by atoms with E-state index in [9.17, 15) is 9.18 Å². The molecule has 0 fully saturated rings. The van der Waals surface area contributed by atoms with Crippen molar-refractivity contribution in [2.24, 2.45) is 0 Å². The third-order valence-electron chi connectivity index (χ3n) is 1.99. The van der Waals surface area contributed by atoms with Crippen molar-refractivity contribution in [2.75, 3.05) is 0 Å². The van der Waals surface area contributed by atoms with Gasteiger partial charge in [0.15, 0.2) is 0 Å². The van der Waals surface area contributed by atoms with Crippen LogP contribution in [0.3, 0.4) is 0 Å². The Bertz CT molecular complexity index is 336. The second-order valence-electron chi connectivity index (χ2n) is 3.29. The summed E-state index contributed by atoms with van der Waals surface area (Å²) in [7, 11) is 0. The van der Waals surface area contributed by atoms with E-state index in [4.69, 9.17) is 0 Å². The van der Waals surface area contributed by atoms with E-state index in [1.165, 1.54) is 6.07 Å². The van der Waals surface area contributed by atoms with Gasteiger partial charge in [-0.1, -0.05) is 22.0 Å². The van der Waals surface area contributed by atoms with Crippen molar-refractivity contribution in [3.8, 4) is 0 Å². The highest BCUT2D eigenvalue weighted by molar-refractivity contribution is 9.10. The van der Waals surface area contributed by atoms with Crippen molar-refractivity contribution in [3.63, 3.8) is 0 Å². The SMILES string of the molecule is CC(=O)CCCc1ccc(Br)cc1F. The Morgan fingerprint density at radius 3 is 2.79 bits per heavy atom. The minimum Gasteiger partial charge on any atom is -0.300 e. The number of Topliss-reactive ketones (excluding diaryl/α,β-unsaturated/α-hetero) is 1. The predicted molar refractivity (Wildman–Crippen MR) is 57.7 cm³/mol. The number of halogens is 2. The lowest BCUT2D eigenvalue weighted by molar-refractivity contribution is -0.117. The van der Waals surface area contributed by atoms with Crippen LogP contribution in [0.5, 0.6) is 0 Å². The van der Waals surface area contributed by atoms with Gasteiger partial charge in [-0.2, -0.15) is 0 Å². The molecule has 0 saturated heterocycles. The van der Waals surface area contributed by atoms with Gasteiger partial charge in [0, 0.05) is 10.9 Å². The van der Waals surface area contributed by atoms with E-state index in [1.807, 2.05) is 6.07 Å². The Morgan fingerprint density at radius 2 is 2.21 bits per heavy atom. The lowest BCUT2D eigenvalue weighted by Gasteiger charge is -2.02. The van der Waals surface area contributed by atoms with Crippen molar-refractivity contribution in [1.82, 2.24) is 0 Å². The molecule has 0 atom stereocenters. The van der Waals surface area contributed by atoms with Crippen LogP contribution in [0.1, 0.15) is 25.3 Å². The lowest BCUT2D eigenvalue weighted by atomic mass is 10.1. The van der Waals surface area contributed by atoms with Gasteiger partial charge in [-0.3, -0.25) is 0 Å². The van der Waals surface area contributed by atoms with E-state index in [1.54, 1.807) is 13.0 Å². The van der Waals surface area contributed by atoms with Gasteiger partial charge in [-0.15, -0.1) is 0 Å². The first-order valence-electron chi connectivity index (χ1n) is 4.53. The van der Waals surface area contributed by atoms with Crippen molar-refractivity contribution in [1.29, 1.82) is 0 Å². The fourth-order valence-electron chi connectivity index (χ4n) is 1.25. The highest BCUT2D eigenvalue weighted by Gasteiger charge is 2.03. The minimum atomic E-state index is -0.206. The monoisotopic (exact) mass is 258 g/mol. The van der Waals surface area contributed by atoms with E-state index in [-0.39, 0.29) is 11.6 Å². The first-order valence-corrected chi connectivity index (χ1v) is 5.32. The van der Waals surface area contributed by atoms with Crippen molar-refractivity contribution < 1.29 is 9.18 Å². The molecule has 0 bridgehead atoms. The van der Waals surface area contributed by atoms with Crippen LogP contribution in [0.25, 0.3) is 0 Å². The minimum absolute atomic E-state index is 0.155. The summed E-state index contributed by atoms with van der Waals surface area (Å²) >= 11 is 3.19. The Balaban J connectivity index is 2.55. The molecule has 0 aliphatic heterocycles. The second kappa shape index (κ2) is 5.25. The highest BCUT2D eigenvalue weighted by Crippen LogP contribution is 2.16. The molecule has 0 saturated carbocycles. The first-order chi connectivity index (χ1) is 6.59. The molecule has 3 heteroatoms. The van der Waals surface area contributed by atoms with Gasteiger partial charge in [0.25, 0.3) is 0 Å². The highest BCUT2D eigenvalue weighted by atomic mass is 79.9. The molecule has 1 nitrogen and oxygen atoms in total. The second-order valence-corrected chi connectivity index (χ2v) is 4.21. The van der Waals surface area contributed by atoms with Gasteiger partial charge in [-0.25, -0.2) is 4.39 Å². The third-order valence-corrected chi connectivity index (χ3v) is 2.48. The Hall–Kier alpha value is -0.700. The molecule has 76 valence electrons. The van der Waals surface area contributed by atoms with E-state index in [0.717, 1.165) is 4.47 Å². The van der Waals surface area contributed by atoms with Crippen molar-refractivity contribution in [3.05, 3.63) is 34.1 Å². The topological polar surface area (TPSA) is 17.1 Å². The van der Waals surface area contributed by atoms with E-state index in [0.29, 0.717) is 24.8 Å². The Morgan fingerprint density at radius 1 is 1.50 bits per heavy atom. The Kier molecular flexibility index (Phi) is 4.26. The standard InChI is InChI=1S/C11H12BrFO/c1-8(14)3-2-4-9-5-6-10(12)7-11(9)13/h5-7H,2-4H2,1H3. The molecule has 1 aromatic carbocycles. The molecule has 0 aliphatic rings. The molecule has 0 aromatic heterocycles. The maximum atomic E-state index is 13.3. The molecule has 0 N–H and O–H groups in total. The molecule has 1 rings (SSSR count). The first kappa shape index (κ1) is 11.4. The summed E-state index contributed by atoms with van der Waals surface area (Å²) in [6, 6.07) is 5.01. The summed E-state index contributed by atoms with van der Waals surface area (Å²) in [5.41, 5.74) is 0.675. The number of carbonyl (C=O) groups excluding carboxylic acids is 1. The van der Waals surface area contributed by atoms with Gasteiger partial charge < -0.3 is 4.79 Å². The molecule has 0 radical (unpaired) electrons. The van der Waals surface area contributed by atoms with Crippen LogP contribution < -0.4 is 0 Å². The number of hydrogen-bond donors (Lipinski definition) is 0. The van der Waals surface area contributed by atoms with Gasteiger partial charge in [0.05, 0.1) is 0 Å². The molecule has 0 spiro atoms. The molecule has 14 heavy (non-hydrogen) atoms. The third kappa shape index (κ3) is 3.58. The fourth-order valence-corrected chi connectivity index (χ4v) is 1.59. The summed E-state index contributed by atoms with van der Waals surface area (Å²) < 4.78 is 14.0. The molecule has 0 amide bonds. The van der Waals surface area contributed by atoms with Gasteiger partial charge in [0.2, 0.25) is 0 Å². The lowest BCUT2D eigenvalue weighted by Crippen LogP contribution is -1.95. The maximum absolute atomic E-state index is 13.3. The average molecular weight is 259 g/mol. The number of aryl methyl sites for hydroxylation is 1. The Labute approximate surface area is 91.5 Å². The van der Waals surface area contributed by atoms with Crippen LogP contribution in [-0.2, 0) is 11.2 Å². The molecular formula is C11H12BrFO. The number of hydrogen-bond acceptors (Lipinski definition) is 1. The van der Waals surface area contributed by atoms with E-state index < -0.39 is 0 Å². The van der Waals surface area contributed by atoms with Crippen molar-refractivity contribution in [2.45, 2.75) is 26.2 Å². The number of ketones is 1. The van der Waals surface area contributed by atoms with Gasteiger partial charge in [-0.05, 0) is 37.5 Å². The van der Waals surface area contributed by atoms with E-state index >= 15 is 0 Å². The largest absolute Gasteiger partial charge is 0.300 e. The molecule has 0 aliphatic carbocycles. The smallest absolute Gasteiger partial charge is 0.129 e. The number of rotatable bonds is 4. The average Bonchev–Trinajstić information content (AvgIpc) is 2.08. The fraction of sp³-hybridized carbons (Fsp3) is 0.364. The summed E-state index contributed by atoms with van der Waals surface area (Å²) in [5.74, 6) is -0.0505. The van der Waals surface area contributed by atoms with Crippen LogP contribution in [0.15, 0.2) is 22.7 Å². The van der Waals surface area contributed by atoms with Gasteiger partial charge >= 0.3 is 0 Å². The molecule has 0 heterocycles. The van der Waals surface area contributed by atoms with Crippen LogP contribution in [0, 0.1) is 5.82 Å². The van der Waals surface area contributed by atoms with Crippen LogP contribution in [0.2, 0.25) is 0 Å². The predicted octanol–water partition coefficient (Wildman–Crippen LogP) is 3.50. The summed E-state index contributed by atoms with van der Waals surface area (Å²) in [4.78, 5) is 10.7. The van der Waals surface area contributed by atoms with Crippen LogP contribution >= 0.6 is 15.9 Å². The number of benzene rings is 1. The number of carbonyl (C=O) groups is 1. The summed E-state index contributed by atoms with van der Waals surface area (Å²) in [6.45, 7) is 1.55. The molecule has 0 unspecified atom stereocenters. The maximum Gasteiger partial charge on any atom is 0.129 e. The van der Waals surface area contributed by atoms with E-state index in [2.05, 4.69) is 15.9 Å². The van der Waals surface area contributed by atoms with Crippen molar-refractivity contribution >= 4 is 21.7 Å². The molecular weight excluding hydrogens is 247 g/mol. The quantitative estimate of drug-likeness (QED) is 0.808. The van der Waals surface area contributed by atoms with Crippen LogP contribution in [0.4, 0.5) is 4.39 Å². The zero-order valence-electron chi connectivity index (χ0n) is 8.02. The zero-order valence-corrected chi connectivity index (χ0v) is 9.60. The summed E-state index contributed by atoms with van der Waals surface area (Å²) in [6.07, 6.45) is 1.86. The van der Waals surface area contributed by atoms with Crippen LogP contribution in [-0.4, -0.2) is 5.78 Å².